The highest BCUT2D eigenvalue weighted by Gasteiger charge is 2.12. The van der Waals surface area contributed by atoms with E-state index in [1.165, 1.54) is 6.07 Å². The fourth-order valence-corrected chi connectivity index (χ4v) is 2.64. The summed E-state index contributed by atoms with van der Waals surface area (Å²) in [7, 11) is 0. The van der Waals surface area contributed by atoms with Crippen LogP contribution in [0.3, 0.4) is 0 Å². The van der Waals surface area contributed by atoms with Gasteiger partial charge in [0.1, 0.15) is 23.7 Å². The smallest absolute Gasteiger partial charge is 0.153 e. The van der Waals surface area contributed by atoms with Crippen LogP contribution < -0.4 is 10.5 Å². The average Bonchev–Trinajstić information content (AvgIpc) is 2.87. The number of nitrogen functional groups attached to an aromatic ring is 1. The number of H-pyrrole nitrogens is 1. The fourth-order valence-electron chi connectivity index (χ4n) is 2.64. The van der Waals surface area contributed by atoms with Crippen LogP contribution in [0.25, 0.3) is 10.9 Å². The quantitative estimate of drug-likeness (QED) is 0.746. The maximum absolute atomic E-state index is 13.7. The topological polar surface area (TPSA) is 63.9 Å². The summed E-state index contributed by atoms with van der Waals surface area (Å²) in [4.78, 5) is 0. The molecule has 4 nitrogen and oxygen atoms in total. The molecule has 0 aliphatic heterocycles. The number of nitrogens with one attached hydrogen (secondary N) is 1. The summed E-state index contributed by atoms with van der Waals surface area (Å²) in [6.07, 6.45) is 0.913. The lowest BCUT2D eigenvalue weighted by molar-refractivity contribution is 0.302. The van der Waals surface area contributed by atoms with Crippen LogP contribution in [0.4, 0.5) is 10.2 Å². The zero-order valence-corrected chi connectivity index (χ0v) is 13.3. The van der Waals surface area contributed by atoms with Gasteiger partial charge in [-0.05, 0) is 36.1 Å². The monoisotopic (exact) mass is 313 g/mol. The molecule has 3 aromatic rings. The molecule has 5 heteroatoms. The summed E-state index contributed by atoms with van der Waals surface area (Å²) in [5.41, 5.74) is 8.31. The number of nitrogens with two attached hydrogens (primary N) is 1. The van der Waals surface area contributed by atoms with Gasteiger partial charge in [0.2, 0.25) is 0 Å². The zero-order valence-electron chi connectivity index (χ0n) is 13.3. The van der Waals surface area contributed by atoms with E-state index in [0.717, 1.165) is 22.9 Å². The molecule has 1 aromatic heterocycles. The van der Waals surface area contributed by atoms with Gasteiger partial charge in [-0.2, -0.15) is 5.10 Å². The number of hydrogen-bond donors (Lipinski definition) is 2. The molecule has 0 unspecified atom stereocenters. The zero-order chi connectivity index (χ0) is 16.4. The first kappa shape index (κ1) is 15.3. The van der Waals surface area contributed by atoms with E-state index in [-0.39, 0.29) is 12.4 Å². The van der Waals surface area contributed by atoms with E-state index in [1.54, 1.807) is 18.2 Å². The second kappa shape index (κ2) is 6.28. The highest BCUT2D eigenvalue weighted by Crippen LogP contribution is 2.31. The predicted molar refractivity (Wildman–Crippen MR) is 89.8 cm³/mol. The van der Waals surface area contributed by atoms with Crippen molar-refractivity contribution in [2.45, 2.75) is 26.9 Å². The Bertz CT molecular complexity index is 826. The van der Waals surface area contributed by atoms with Crippen molar-refractivity contribution < 1.29 is 9.13 Å². The summed E-state index contributed by atoms with van der Waals surface area (Å²) in [5, 5.41) is 7.78. The summed E-state index contributed by atoms with van der Waals surface area (Å²) in [6, 6.07) is 10.6. The molecule has 0 bridgehead atoms. The molecule has 0 aliphatic rings. The van der Waals surface area contributed by atoms with Crippen LogP contribution in [0, 0.1) is 11.7 Å². The molecule has 2 aromatic carbocycles. The van der Waals surface area contributed by atoms with E-state index in [2.05, 4.69) is 24.0 Å². The molecule has 23 heavy (non-hydrogen) atoms. The van der Waals surface area contributed by atoms with Crippen molar-refractivity contribution in [2.24, 2.45) is 5.92 Å². The second-order valence-corrected chi connectivity index (χ2v) is 6.10. The molecule has 0 fully saturated rings. The van der Waals surface area contributed by atoms with E-state index < -0.39 is 0 Å². The molecule has 0 atom stereocenters. The Morgan fingerprint density at radius 1 is 1.26 bits per heavy atom. The maximum Gasteiger partial charge on any atom is 0.153 e. The number of ether oxygens (including phenoxy) is 1. The van der Waals surface area contributed by atoms with Crippen molar-refractivity contribution in [1.82, 2.24) is 10.2 Å². The first-order valence-corrected chi connectivity index (χ1v) is 7.67. The van der Waals surface area contributed by atoms with Crippen LogP contribution in [0.5, 0.6) is 5.75 Å². The van der Waals surface area contributed by atoms with Crippen LogP contribution in [0.1, 0.15) is 25.0 Å². The molecule has 0 aliphatic carbocycles. The van der Waals surface area contributed by atoms with Gasteiger partial charge < -0.3 is 10.5 Å². The van der Waals surface area contributed by atoms with Crippen LogP contribution in [-0.2, 0) is 13.0 Å². The van der Waals surface area contributed by atoms with Crippen molar-refractivity contribution in [3.8, 4) is 5.75 Å². The van der Waals surface area contributed by atoms with Crippen molar-refractivity contribution in [2.75, 3.05) is 5.73 Å². The van der Waals surface area contributed by atoms with Gasteiger partial charge in [-0.1, -0.05) is 32.0 Å². The minimum Gasteiger partial charge on any atom is -0.487 e. The van der Waals surface area contributed by atoms with Crippen molar-refractivity contribution in [1.29, 1.82) is 0 Å². The summed E-state index contributed by atoms with van der Waals surface area (Å²) < 4.78 is 19.6. The van der Waals surface area contributed by atoms with E-state index >= 15 is 0 Å². The van der Waals surface area contributed by atoms with Gasteiger partial charge in [-0.15, -0.1) is 0 Å². The maximum atomic E-state index is 13.7. The molecule has 1 heterocycles. The average molecular weight is 313 g/mol. The molecule has 0 radical (unpaired) electrons. The fraction of sp³-hybridized carbons (Fsp3) is 0.278. The second-order valence-electron chi connectivity index (χ2n) is 6.10. The number of aromatic amines is 1. The molecule has 3 N–H and O–H groups in total. The lowest BCUT2D eigenvalue weighted by Crippen LogP contribution is -2.01. The minimum atomic E-state index is -0.272. The first-order chi connectivity index (χ1) is 11.0. The number of aromatic nitrogens is 2. The molecular weight excluding hydrogens is 293 g/mol. The third kappa shape index (κ3) is 3.28. The number of halogens is 1. The van der Waals surface area contributed by atoms with Crippen molar-refractivity contribution >= 4 is 16.7 Å². The molecule has 0 saturated heterocycles. The van der Waals surface area contributed by atoms with Gasteiger partial charge in [0.15, 0.2) is 5.82 Å². The number of benzene rings is 2. The van der Waals surface area contributed by atoms with E-state index in [4.69, 9.17) is 10.5 Å². The lowest BCUT2D eigenvalue weighted by Gasteiger charge is -2.11. The third-order valence-corrected chi connectivity index (χ3v) is 3.71. The molecule has 0 spiro atoms. The largest absolute Gasteiger partial charge is 0.487 e. The summed E-state index contributed by atoms with van der Waals surface area (Å²) in [5.74, 6) is 1.33. The molecule has 0 saturated carbocycles. The van der Waals surface area contributed by atoms with Crippen molar-refractivity contribution in [3.63, 3.8) is 0 Å². The summed E-state index contributed by atoms with van der Waals surface area (Å²) >= 11 is 0. The Balaban J connectivity index is 1.93. The number of hydrogen-bond acceptors (Lipinski definition) is 3. The van der Waals surface area contributed by atoms with Gasteiger partial charge >= 0.3 is 0 Å². The molecule has 120 valence electrons. The minimum absolute atomic E-state index is 0.159. The number of rotatable bonds is 5. The van der Waals surface area contributed by atoms with Gasteiger partial charge in [-0.25, -0.2) is 4.39 Å². The van der Waals surface area contributed by atoms with Crippen LogP contribution in [0.15, 0.2) is 36.4 Å². The van der Waals surface area contributed by atoms with E-state index in [9.17, 15) is 4.39 Å². The number of anilines is 1. The molecule has 0 amide bonds. The number of fused-ring (bicyclic) bond motifs is 1. The van der Waals surface area contributed by atoms with Gasteiger partial charge in [0.25, 0.3) is 0 Å². The Labute approximate surface area is 134 Å². The van der Waals surface area contributed by atoms with Gasteiger partial charge in [0.05, 0.1) is 0 Å². The Hall–Kier alpha value is -2.56. The number of nitrogens with zero attached hydrogens (tertiary/aromatic N) is 1. The third-order valence-electron chi connectivity index (χ3n) is 3.71. The SMILES string of the molecule is CC(C)Cc1cc(OCc2ccccc2F)c2[nH]nc(N)c2c1. The van der Waals surface area contributed by atoms with E-state index in [0.29, 0.717) is 23.0 Å². The molecular formula is C18H20FN3O. The Kier molecular flexibility index (Phi) is 4.19. The standard InChI is InChI=1S/C18H20FN3O/c1-11(2)7-12-8-14-17(21-22-18(14)20)16(9-12)23-10-13-5-3-4-6-15(13)19/h3-6,8-9,11H,7,10H2,1-2H3,(H3,20,21,22). The highest BCUT2D eigenvalue weighted by molar-refractivity contribution is 5.93. The predicted octanol–water partition coefficient (Wildman–Crippen LogP) is 4.06. The van der Waals surface area contributed by atoms with Crippen molar-refractivity contribution in [3.05, 3.63) is 53.3 Å². The highest BCUT2D eigenvalue weighted by atomic mass is 19.1. The van der Waals surface area contributed by atoms with Gasteiger partial charge in [-0.3, -0.25) is 5.10 Å². The normalized spacial score (nSPS) is 11.3. The van der Waals surface area contributed by atoms with Crippen LogP contribution in [0.2, 0.25) is 0 Å². The summed E-state index contributed by atoms with van der Waals surface area (Å²) in [6.45, 7) is 4.47. The Morgan fingerprint density at radius 2 is 2.04 bits per heavy atom. The lowest BCUT2D eigenvalue weighted by atomic mass is 10.0. The Morgan fingerprint density at radius 3 is 2.78 bits per heavy atom. The van der Waals surface area contributed by atoms with E-state index in [1.807, 2.05) is 12.1 Å². The molecule has 3 rings (SSSR count). The van der Waals surface area contributed by atoms with Gasteiger partial charge in [0, 0.05) is 10.9 Å². The first-order valence-electron chi connectivity index (χ1n) is 7.67. The van der Waals surface area contributed by atoms with Crippen LogP contribution >= 0.6 is 0 Å². The van der Waals surface area contributed by atoms with Crippen LogP contribution in [-0.4, -0.2) is 10.2 Å².